The second-order valence-corrected chi connectivity index (χ2v) is 7.07. The van der Waals surface area contributed by atoms with Gasteiger partial charge >= 0.3 is 6.09 Å². The van der Waals surface area contributed by atoms with Crippen LogP contribution in [-0.2, 0) is 23.0 Å². The Morgan fingerprint density at radius 1 is 1.37 bits per heavy atom. The first-order valence-corrected chi connectivity index (χ1v) is 8.28. The third-order valence-electron chi connectivity index (χ3n) is 3.80. The van der Waals surface area contributed by atoms with E-state index in [4.69, 9.17) is 4.74 Å². The minimum absolute atomic E-state index is 0.0286. The summed E-state index contributed by atoms with van der Waals surface area (Å²) in [5.41, 5.74) is 0.283. The van der Waals surface area contributed by atoms with Crippen molar-refractivity contribution in [2.75, 3.05) is 0 Å². The van der Waals surface area contributed by atoms with Gasteiger partial charge in [0.2, 0.25) is 0 Å². The Hall–Kier alpha value is -3.17. The molecule has 1 aromatic carbocycles. The number of imidazole rings is 1. The van der Waals surface area contributed by atoms with E-state index < -0.39 is 28.6 Å². The molecule has 2 rings (SSSR count). The maximum atomic E-state index is 11.8. The monoisotopic (exact) mass is 377 g/mol. The number of carbonyl (C=O) groups excluding carboxylic acids is 2. The Balaban J connectivity index is 2.12. The summed E-state index contributed by atoms with van der Waals surface area (Å²) in [6, 6.07) is 3.06. The number of carbonyl (C=O) groups is 2. The lowest BCUT2D eigenvalue weighted by atomic mass is 10.1. The highest BCUT2D eigenvalue weighted by Crippen LogP contribution is 2.21. The normalized spacial score (nSPS) is 12.6. The van der Waals surface area contributed by atoms with Crippen LogP contribution in [0.5, 0.6) is 0 Å². The molecule has 146 valence electrons. The molecular weight excluding hydrogens is 356 g/mol. The van der Waals surface area contributed by atoms with Crippen LogP contribution >= 0.6 is 0 Å². The number of rotatable bonds is 6. The molecule has 0 radical (unpaired) electrons. The number of aryl methyl sites for hydroxylation is 2. The van der Waals surface area contributed by atoms with Crippen molar-refractivity contribution >= 4 is 28.8 Å². The van der Waals surface area contributed by atoms with Gasteiger partial charge in [0.1, 0.15) is 11.4 Å². The van der Waals surface area contributed by atoms with E-state index in [0.29, 0.717) is 16.9 Å². The third-order valence-corrected chi connectivity index (χ3v) is 3.80. The first-order valence-electron chi connectivity index (χ1n) is 8.28. The van der Waals surface area contributed by atoms with Crippen molar-refractivity contribution in [1.82, 2.24) is 14.9 Å². The number of nitro groups is 1. The van der Waals surface area contributed by atoms with Crippen LogP contribution in [0.15, 0.2) is 18.2 Å². The number of carboxylic acids is 1. The molecule has 27 heavy (non-hydrogen) atoms. The number of ether oxygens (including phenoxy) is 1. The number of amides is 1. The summed E-state index contributed by atoms with van der Waals surface area (Å²) in [5, 5.41) is 24.5. The molecule has 0 aliphatic heterocycles. The van der Waals surface area contributed by atoms with Crippen molar-refractivity contribution in [2.24, 2.45) is 7.05 Å². The number of hydrogen-bond acceptors (Lipinski definition) is 7. The molecule has 0 aliphatic rings. The molecule has 1 atom stereocenters. The first-order chi connectivity index (χ1) is 12.5. The largest absolute Gasteiger partial charge is 0.548 e. The SMILES string of the molecule is Cn1c(CC[C@H](NC(=O)OC(C)(C)C)C(=O)[O-])nc2cc([N+](=O)[O-])ccc21. The molecule has 1 amide bonds. The molecule has 10 nitrogen and oxygen atoms in total. The smallest absolute Gasteiger partial charge is 0.408 e. The van der Waals surface area contributed by atoms with Gasteiger partial charge in [0.15, 0.2) is 0 Å². The van der Waals surface area contributed by atoms with E-state index in [1.165, 1.54) is 12.1 Å². The average Bonchev–Trinajstić information content (AvgIpc) is 2.85. The van der Waals surface area contributed by atoms with Gasteiger partial charge in [-0.25, -0.2) is 9.78 Å². The lowest BCUT2D eigenvalue weighted by Gasteiger charge is -2.24. The number of fused-ring (bicyclic) bond motifs is 1. The quantitative estimate of drug-likeness (QED) is 0.586. The molecule has 0 aliphatic carbocycles. The number of carboxylic acid groups (broad SMARTS) is 1. The number of hydrogen-bond donors (Lipinski definition) is 1. The van der Waals surface area contributed by atoms with Gasteiger partial charge in [-0.2, -0.15) is 0 Å². The molecule has 0 saturated carbocycles. The Morgan fingerprint density at radius 3 is 2.59 bits per heavy atom. The summed E-state index contributed by atoms with van der Waals surface area (Å²) >= 11 is 0. The Bertz CT molecular complexity index is 883. The number of benzene rings is 1. The van der Waals surface area contributed by atoms with Crippen molar-refractivity contribution in [3.8, 4) is 0 Å². The van der Waals surface area contributed by atoms with Crippen molar-refractivity contribution < 1.29 is 24.4 Å². The number of nitro benzene ring substituents is 1. The zero-order valence-corrected chi connectivity index (χ0v) is 15.5. The number of aliphatic carboxylic acids is 1. The maximum absolute atomic E-state index is 11.8. The van der Waals surface area contributed by atoms with Gasteiger partial charge in [-0.1, -0.05) is 0 Å². The zero-order chi connectivity index (χ0) is 20.4. The fourth-order valence-corrected chi connectivity index (χ4v) is 2.55. The summed E-state index contributed by atoms with van der Waals surface area (Å²) in [5.74, 6) is -0.905. The van der Waals surface area contributed by atoms with E-state index in [2.05, 4.69) is 10.3 Å². The standard InChI is InChI=1S/C17H22N4O6/c1-17(2,3)27-16(24)19-11(15(22)23)6-8-14-18-12-9-10(21(25)26)5-7-13(12)20(14)4/h5,7,9,11H,6,8H2,1-4H3,(H,19,24)(H,22,23)/p-1/t11-/m0/s1. The Labute approximate surface area is 155 Å². The molecular formula is C17H21N4O6-. The summed E-state index contributed by atoms with van der Waals surface area (Å²) in [7, 11) is 1.73. The number of aromatic nitrogens is 2. The van der Waals surface area contributed by atoms with Crippen LogP contribution in [0.2, 0.25) is 0 Å². The average molecular weight is 377 g/mol. The molecule has 1 aromatic heterocycles. The number of nitrogens with one attached hydrogen (secondary N) is 1. The van der Waals surface area contributed by atoms with E-state index in [1.54, 1.807) is 38.5 Å². The van der Waals surface area contributed by atoms with E-state index >= 15 is 0 Å². The van der Waals surface area contributed by atoms with Gasteiger partial charge in [-0.05, 0) is 33.3 Å². The topological polar surface area (TPSA) is 139 Å². The van der Waals surface area contributed by atoms with Crippen LogP contribution < -0.4 is 10.4 Å². The van der Waals surface area contributed by atoms with Gasteiger partial charge in [0.25, 0.3) is 5.69 Å². The number of non-ortho nitro benzene ring substituents is 1. The molecule has 0 fully saturated rings. The summed E-state index contributed by atoms with van der Waals surface area (Å²) in [4.78, 5) is 37.8. The zero-order valence-electron chi connectivity index (χ0n) is 15.5. The van der Waals surface area contributed by atoms with Crippen molar-refractivity contribution in [1.29, 1.82) is 0 Å². The lowest BCUT2D eigenvalue weighted by molar-refractivity contribution is -0.384. The summed E-state index contributed by atoms with van der Waals surface area (Å²) in [6.45, 7) is 5.00. The van der Waals surface area contributed by atoms with Crippen LogP contribution in [0, 0.1) is 10.1 Å². The Morgan fingerprint density at radius 2 is 2.04 bits per heavy atom. The van der Waals surface area contributed by atoms with Crippen LogP contribution in [0.25, 0.3) is 11.0 Å². The third kappa shape index (κ3) is 5.16. The molecule has 0 bridgehead atoms. The van der Waals surface area contributed by atoms with Crippen molar-refractivity contribution in [3.05, 3.63) is 34.1 Å². The van der Waals surface area contributed by atoms with Crippen LogP contribution in [0.3, 0.4) is 0 Å². The second-order valence-electron chi connectivity index (χ2n) is 7.07. The maximum Gasteiger partial charge on any atom is 0.408 e. The lowest BCUT2D eigenvalue weighted by Crippen LogP contribution is -2.49. The fourth-order valence-electron chi connectivity index (χ4n) is 2.55. The minimum Gasteiger partial charge on any atom is -0.548 e. The van der Waals surface area contributed by atoms with Gasteiger partial charge in [0.05, 0.1) is 28.0 Å². The highest BCUT2D eigenvalue weighted by Gasteiger charge is 2.21. The predicted octanol–water partition coefficient (Wildman–Crippen LogP) is 1.06. The fraction of sp³-hybridized carbons (Fsp3) is 0.471. The summed E-state index contributed by atoms with van der Waals surface area (Å²) < 4.78 is 6.77. The van der Waals surface area contributed by atoms with E-state index in [0.717, 1.165) is 0 Å². The van der Waals surface area contributed by atoms with Gasteiger partial charge < -0.3 is 24.5 Å². The molecule has 0 unspecified atom stereocenters. The molecule has 10 heteroatoms. The highest BCUT2D eigenvalue weighted by atomic mass is 16.6. The van der Waals surface area contributed by atoms with Crippen molar-refractivity contribution in [3.63, 3.8) is 0 Å². The van der Waals surface area contributed by atoms with E-state index in [1.807, 2.05) is 0 Å². The van der Waals surface area contributed by atoms with Gasteiger partial charge in [-0.3, -0.25) is 10.1 Å². The van der Waals surface area contributed by atoms with Crippen LogP contribution in [0.1, 0.15) is 33.0 Å². The summed E-state index contributed by atoms with van der Waals surface area (Å²) in [6.07, 6.45) is -0.605. The first kappa shape index (κ1) is 20.1. The van der Waals surface area contributed by atoms with E-state index in [9.17, 15) is 24.8 Å². The molecule has 0 saturated heterocycles. The Kier molecular flexibility index (Phi) is 5.67. The highest BCUT2D eigenvalue weighted by molar-refractivity contribution is 5.79. The van der Waals surface area contributed by atoms with Crippen molar-refractivity contribution in [2.45, 2.75) is 45.3 Å². The van der Waals surface area contributed by atoms with Crippen LogP contribution in [0.4, 0.5) is 10.5 Å². The van der Waals surface area contributed by atoms with Gasteiger partial charge in [0, 0.05) is 25.6 Å². The predicted molar refractivity (Wildman–Crippen MR) is 93.9 cm³/mol. The van der Waals surface area contributed by atoms with E-state index in [-0.39, 0.29) is 18.5 Å². The van der Waals surface area contributed by atoms with Gasteiger partial charge in [-0.15, -0.1) is 0 Å². The number of alkyl carbamates (subject to hydrolysis) is 1. The molecule has 1 N–H and O–H groups in total. The minimum atomic E-state index is -1.43. The molecule has 2 aromatic rings. The second kappa shape index (κ2) is 7.60. The number of nitrogens with zero attached hydrogens (tertiary/aromatic N) is 3. The molecule has 0 spiro atoms. The molecule has 1 heterocycles. The van der Waals surface area contributed by atoms with Crippen LogP contribution in [-0.4, -0.2) is 38.2 Å².